The lowest BCUT2D eigenvalue weighted by Crippen LogP contribution is -2.22. The van der Waals surface area contributed by atoms with Gasteiger partial charge in [0.25, 0.3) is 0 Å². The zero-order valence-electron chi connectivity index (χ0n) is 10.2. The summed E-state index contributed by atoms with van der Waals surface area (Å²) in [6, 6.07) is 1.25. The summed E-state index contributed by atoms with van der Waals surface area (Å²) in [5, 5.41) is 19.0. The highest BCUT2D eigenvalue weighted by Gasteiger charge is 2.14. The molecule has 2 N–H and O–H groups in total. The third-order valence-electron chi connectivity index (χ3n) is 2.42. The predicted molar refractivity (Wildman–Crippen MR) is 65.9 cm³/mol. The van der Waals surface area contributed by atoms with E-state index in [0.29, 0.717) is 24.5 Å². The Morgan fingerprint density at radius 3 is 2.65 bits per heavy atom. The van der Waals surface area contributed by atoms with Crippen LogP contribution in [0.5, 0.6) is 5.75 Å². The van der Waals surface area contributed by atoms with Gasteiger partial charge in [0.05, 0.1) is 12.3 Å². The Kier molecular flexibility index (Phi) is 4.48. The summed E-state index contributed by atoms with van der Waals surface area (Å²) in [6.07, 6.45) is 1.65. The van der Waals surface area contributed by atoms with Gasteiger partial charge in [-0.15, -0.1) is 6.58 Å². The van der Waals surface area contributed by atoms with Gasteiger partial charge in [0.15, 0.2) is 5.75 Å². The molecule has 0 spiro atoms. The predicted octanol–water partition coefficient (Wildman–Crippen LogP) is 0.294. The third-order valence-corrected chi connectivity index (χ3v) is 2.42. The van der Waals surface area contributed by atoms with Gasteiger partial charge < -0.3 is 19.7 Å². The van der Waals surface area contributed by atoms with Gasteiger partial charge in [-0.05, 0) is 14.1 Å². The zero-order valence-corrected chi connectivity index (χ0v) is 10.2. The Balaban J connectivity index is 3.43. The molecule has 0 aliphatic heterocycles. The molecule has 0 atom stereocenters. The lowest BCUT2D eigenvalue weighted by molar-refractivity contribution is 0.266. The minimum atomic E-state index is -0.466. The molecule has 5 nitrogen and oxygen atoms in total. The van der Waals surface area contributed by atoms with E-state index in [0.717, 1.165) is 0 Å². The van der Waals surface area contributed by atoms with E-state index in [9.17, 15) is 15.0 Å². The minimum Gasteiger partial charge on any atom is -0.503 e. The lowest BCUT2D eigenvalue weighted by atomic mass is 10.2. The monoisotopic (exact) mass is 238 g/mol. The average Bonchev–Trinajstić information content (AvgIpc) is 2.28. The molecule has 0 amide bonds. The fourth-order valence-electron chi connectivity index (χ4n) is 1.69. The molecule has 0 saturated carbocycles. The number of pyridine rings is 1. The van der Waals surface area contributed by atoms with E-state index in [1.807, 2.05) is 19.0 Å². The highest BCUT2D eigenvalue weighted by atomic mass is 16.3. The normalized spacial score (nSPS) is 10.8. The van der Waals surface area contributed by atoms with Crippen LogP contribution in [-0.4, -0.2) is 33.8 Å². The van der Waals surface area contributed by atoms with Crippen molar-refractivity contribution in [2.75, 3.05) is 14.1 Å². The zero-order chi connectivity index (χ0) is 13.0. The number of allylic oxidation sites excluding steroid dienone is 1. The van der Waals surface area contributed by atoms with E-state index < -0.39 is 5.43 Å². The van der Waals surface area contributed by atoms with E-state index in [4.69, 9.17) is 0 Å². The van der Waals surface area contributed by atoms with Crippen LogP contribution in [0.15, 0.2) is 23.5 Å². The SMILES string of the molecule is C=CCn1c(CO)cc(=O)c(O)c1CN(C)C. The molecule has 0 aliphatic carbocycles. The number of aliphatic hydroxyl groups excluding tert-OH is 1. The Bertz CT molecular complexity index is 464. The standard InChI is InChI=1S/C12H18N2O3/c1-4-5-14-9(8-15)6-11(16)12(17)10(14)7-13(2)3/h4,6,15,17H,1,5,7-8H2,2-3H3. The average molecular weight is 238 g/mol. The summed E-state index contributed by atoms with van der Waals surface area (Å²) in [5.74, 6) is -0.266. The van der Waals surface area contributed by atoms with Gasteiger partial charge >= 0.3 is 0 Å². The van der Waals surface area contributed by atoms with Gasteiger partial charge in [-0.2, -0.15) is 0 Å². The number of hydrogen-bond acceptors (Lipinski definition) is 4. The van der Waals surface area contributed by atoms with Crippen molar-refractivity contribution in [1.29, 1.82) is 0 Å². The summed E-state index contributed by atoms with van der Waals surface area (Å²) in [6.45, 7) is 4.24. The van der Waals surface area contributed by atoms with Crippen LogP contribution in [0.3, 0.4) is 0 Å². The second-order valence-corrected chi connectivity index (χ2v) is 4.09. The molecule has 0 unspecified atom stereocenters. The number of aromatic nitrogens is 1. The first-order chi connectivity index (χ1) is 8.01. The van der Waals surface area contributed by atoms with E-state index in [2.05, 4.69) is 6.58 Å². The number of aromatic hydroxyl groups is 1. The van der Waals surface area contributed by atoms with Crippen LogP contribution in [0.2, 0.25) is 0 Å². The van der Waals surface area contributed by atoms with Crippen LogP contribution >= 0.6 is 0 Å². The second kappa shape index (κ2) is 5.65. The van der Waals surface area contributed by atoms with Crippen molar-refractivity contribution in [1.82, 2.24) is 9.47 Å². The van der Waals surface area contributed by atoms with Crippen molar-refractivity contribution in [3.63, 3.8) is 0 Å². The Morgan fingerprint density at radius 2 is 2.18 bits per heavy atom. The highest BCUT2D eigenvalue weighted by Crippen LogP contribution is 2.16. The molecule has 5 heteroatoms. The quantitative estimate of drug-likeness (QED) is 0.724. The van der Waals surface area contributed by atoms with Crippen molar-refractivity contribution in [3.05, 3.63) is 40.3 Å². The maximum atomic E-state index is 11.5. The third kappa shape index (κ3) is 2.95. The summed E-state index contributed by atoms with van der Waals surface area (Å²) in [7, 11) is 3.68. The van der Waals surface area contributed by atoms with Gasteiger partial charge in [-0.3, -0.25) is 4.79 Å². The Hall–Kier alpha value is -1.59. The van der Waals surface area contributed by atoms with Crippen LogP contribution in [-0.2, 0) is 19.7 Å². The molecule has 0 radical (unpaired) electrons. The highest BCUT2D eigenvalue weighted by molar-refractivity contribution is 5.30. The molecule has 1 aromatic rings. The van der Waals surface area contributed by atoms with Gasteiger partial charge in [-0.1, -0.05) is 6.08 Å². The molecule has 17 heavy (non-hydrogen) atoms. The van der Waals surface area contributed by atoms with Crippen molar-refractivity contribution >= 4 is 0 Å². The molecule has 94 valence electrons. The van der Waals surface area contributed by atoms with Crippen LogP contribution in [0, 0.1) is 0 Å². The molecule has 1 heterocycles. The number of nitrogens with zero attached hydrogens (tertiary/aromatic N) is 2. The Morgan fingerprint density at radius 1 is 1.53 bits per heavy atom. The first-order valence-corrected chi connectivity index (χ1v) is 5.32. The van der Waals surface area contributed by atoms with Crippen molar-refractivity contribution < 1.29 is 10.2 Å². The van der Waals surface area contributed by atoms with Gasteiger partial charge in [0.2, 0.25) is 5.43 Å². The van der Waals surface area contributed by atoms with Crippen molar-refractivity contribution in [2.45, 2.75) is 19.7 Å². The summed E-state index contributed by atoms with van der Waals surface area (Å²) < 4.78 is 1.70. The molecule has 0 aliphatic rings. The molecular formula is C12H18N2O3. The van der Waals surface area contributed by atoms with E-state index in [1.54, 1.807) is 10.6 Å². The smallest absolute Gasteiger partial charge is 0.223 e. The number of hydrogen-bond donors (Lipinski definition) is 2. The fourth-order valence-corrected chi connectivity index (χ4v) is 1.69. The van der Waals surface area contributed by atoms with Crippen LogP contribution in [0.1, 0.15) is 11.4 Å². The first kappa shape index (κ1) is 13.5. The molecule has 0 saturated heterocycles. The maximum Gasteiger partial charge on any atom is 0.223 e. The van der Waals surface area contributed by atoms with E-state index in [-0.39, 0.29) is 12.4 Å². The minimum absolute atomic E-state index is 0.246. The number of rotatable bonds is 5. The van der Waals surface area contributed by atoms with Crippen LogP contribution < -0.4 is 5.43 Å². The van der Waals surface area contributed by atoms with Gasteiger partial charge in [0, 0.05) is 24.8 Å². The molecule has 0 fully saturated rings. The summed E-state index contributed by atoms with van der Waals surface area (Å²) >= 11 is 0. The van der Waals surface area contributed by atoms with Crippen molar-refractivity contribution in [2.24, 2.45) is 0 Å². The van der Waals surface area contributed by atoms with E-state index >= 15 is 0 Å². The summed E-state index contributed by atoms with van der Waals surface area (Å²) in [5.41, 5.74) is 0.502. The molecular weight excluding hydrogens is 220 g/mol. The second-order valence-electron chi connectivity index (χ2n) is 4.09. The first-order valence-electron chi connectivity index (χ1n) is 5.32. The summed E-state index contributed by atoms with van der Waals surface area (Å²) in [4.78, 5) is 13.4. The van der Waals surface area contributed by atoms with Crippen LogP contribution in [0.25, 0.3) is 0 Å². The van der Waals surface area contributed by atoms with Gasteiger partial charge in [0.1, 0.15) is 0 Å². The van der Waals surface area contributed by atoms with Gasteiger partial charge in [-0.25, -0.2) is 0 Å². The molecule has 1 rings (SSSR count). The topological polar surface area (TPSA) is 65.7 Å². The molecule has 1 aromatic heterocycles. The van der Waals surface area contributed by atoms with E-state index in [1.165, 1.54) is 6.07 Å². The molecule has 0 bridgehead atoms. The molecule has 0 aromatic carbocycles. The lowest BCUT2D eigenvalue weighted by Gasteiger charge is -2.20. The van der Waals surface area contributed by atoms with Crippen LogP contribution in [0.4, 0.5) is 0 Å². The number of aliphatic hydroxyl groups is 1. The van der Waals surface area contributed by atoms with Crippen molar-refractivity contribution in [3.8, 4) is 5.75 Å². The maximum absolute atomic E-state index is 11.5. The largest absolute Gasteiger partial charge is 0.503 e. The fraction of sp³-hybridized carbons (Fsp3) is 0.417. The Labute approximate surface area is 100 Å².